The summed E-state index contributed by atoms with van der Waals surface area (Å²) in [6, 6.07) is 0. The fraction of sp³-hybridized carbons (Fsp3) is 0.750. The molecule has 8 nitrogen and oxygen atoms in total. The maximum atomic E-state index is 12.0. The van der Waals surface area contributed by atoms with Crippen LogP contribution in [0.3, 0.4) is 0 Å². The van der Waals surface area contributed by atoms with Gasteiger partial charge in [-0.15, -0.1) is 0 Å². The molecule has 25 heavy (non-hydrogen) atoms. The van der Waals surface area contributed by atoms with E-state index >= 15 is 0 Å². The maximum Gasteiger partial charge on any atom is 0.332 e. The SMILES string of the molecule is C=C(C)C(=O)NCCOC(=O)COC1(C)C2CC3C1OS(=O)(=O)C3C2. The van der Waals surface area contributed by atoms with E-state index < -0.39 is 33.0 Å². The molecule has 0 aromatic carbocycles. The molecule has 1 saturated heterocycles. The second-order valence-electron chi connectivity index (χ2n) is 7.11. The second kappa shape index (κ2) is 6.37. The van der Waals surface area contributed by atoms with Crippen LogP contribution in [0.2, 0.25) is 0 Å². The van der Waals surface area contributed by atoms with Gasteiger partial charge in [0.25, 0.3) is 10.1 Å². The minimum atomic E-state index is -3.52. The Morgan fingerprint density at radius 3 is 2.76 bits per heavy atom. The predicted octanol–water partition coefficient (Wildman–Crippen LogP) is 0.134. The van der Waals surface area contributed by atoms with Gasteiger partial charge in [0.1, 0.15) is 19.3 Å². The predicted molar refractivity (Wildman–Crippen MR) is 86.9 cm³/mol. The fourth-order valence-electron chi connectivity index (χ4n) is 4.13. The first-order valence-electron chi connectivity index (χ1n) is 8.30. The van der Waals surface area contributed by atoms with E-state index in [4.69, 9.17) is 13.7 Å². The van der Waals surface area contributed by atoms with Crippen LogP contribution in [0.1, 0.15) is 26.7 Å². The molecule has 140 valence electrons. The third kappa shape index (κ3) is 3.20. The quantitative estimate of drug-likeness (QED) is 0.292. The monoisotopic (exact) mass is 373 g/mol. The average molecular weight is 373 g/mol. The summed E-state index contributed by atoms with van der Waals surface area (Å²) in [7, 11) is -3.52. The van der Waals surface area contributed by atoms with Crippen molar-refractivity contribution in [2.75, 3.05) is 19.8 Å². The molecule has 0 spiro atoms. The second-order valence-corrected chi connectivity index (χ2v) is 8.89. The van der Waals surface area contributed by atoms with E-state index in [9.17, 15) is 18.0 Å². The molecule has 5 unspecified atom stereocenters. The normalized spacial score (nSPS) is 37.0. The molecule has 2 saturated carbocycles. The zero-order chi connectivity index (χ0) is 18.4. The van der Waals surface area contributed by atoms with E-state index in [0.717, 1.165) is 6.42 Å². The van der Waals surface area contributed by atoms with Crippen molar-refractivity contribution in [2.24, 2.45) is 11.8 Å². The van der Waals surface area contributed by atoms with Crippen LogP contribution in [0.15, 0.2) is 12.2 Å². The Hall–Kier alpha value is -1.45. The molecule has 3 aliphatic rings. The fourth-order valence-corrected chi connectivity index (χ4v) is 6.04. The Morgan fingerprint density at radius 1 is 1.36 bits per heavy atom. The third-order valence-corrected chi connectivity index (χ3v) is 7.22. The smallest absolute Gasteiger partial charge is 0.332 e. The largest absolute Gasteiger partial charge is 0.462 e. The molecule has 1 aliphatic heterocycles. The Morgan fingerprint density at radius 2 is 2.08 bits per heavy atom. The molecule has 3 fully saturated rings. The highest BCUT2D eigenvalue weighted by molar-refractivity contribution is 7.87. The van der Waals surface area contributed by atoms with E-state index in [2.05, 4.69) is 11.9 Å². The summed E-state index contributed by atoms with van der Waals surface area (Å²) in [5.41, 5.74) is -0.415. The van der Waals surface area contributed by atoms with Crippen LogP contribution in [0.25, 0.3) is 0 Å². The summed E-state index contributed by atoms with van der Waals surface area (Å²) in [6.45, 7) is 6.83. The lowest BCUT2D eigenvalue weighted by Gasteiger charge is -2.36. The minimum absolute atomic E-state index is 0.0281. The molecular formula is C16H23NO7S. The zero-order valence-electron chi connectivity index (χ0n) is 14.3. The topological polar surface area (TPSA) is 108 Å². The van der Waals surface area contributed by atoms with Crippen LogP contribution in [0.4, 0.5) is 0 Å². The Balaban J connectivity index is 1.45. The van der Waals surface area contributed by atoms with Gasteiger partial charge in [-0.3, -0.25) is 8.98 Å². The van der Waals surface area contributed by atoms with Crippen LogP contribution in [0.5, 0.6) is 0 Å². The van der Waals surface area contributed by atoms with E-state index in [1.165, 1.54) is 0 Å². The number of amides is 1. The number of fused-ring (bicyclic) bond motifs is 1. The third-order valence-electron chi connectivity index (χ3n) is 5.46. The van der Waals surface area contributed by atoms with Crippen LogP contribution < -0.4 is 5.32 Å². The van der Waals surface area contributed by atoms with Crippen molar-refractivity contribution in [3.63, 3.8) is 0 Å². The lowest BCUT2D eigenvalue weighted by Crippen LogP contribution is -2.48. The highest BCUT2D eigenvalue weighted by Gasteiger charge is 2.69. The van der Waals surface area contributed by atoms with Crippen molar-refractivity contribution in [2.45, 2.75) is 43.6 Å². The Labute approximate surface area is 147 Å². The lowest BCUT2D eigenvalue weighted by atomic mass is 9.83. The number of esters is 1. The number of ether oxygens (including phenoxy) is 2. The van der Waals surface area contributed by atoms with Gasteiger partial charge in [-0.2, -0.15) is 8.42 Å². The van der Waals surface area contributed by atoms with Gasteiger partial charge in [0, 0.05) is 11.5 Å². The van der Waals surface area contributed by atoms with Crippen LogP contribution in [-0.2, 0) is 33.4 Å². The van der Waals surface area contributed by atoms with Crippen molar-refractivity contribution in [1.29, 1.82) is 0 Å². The summed E-state index contributed by atoms with van der Waals surface area (Å²) < 4.78 is 40.0. The van der Waals surface area contributed by atoms with Gasteiger partial charge in [-0.05, 0) is 32.6 Å². The molecule has 1 amide bonds. The minimum Gasteiger partial charge on any atom is -0.462 e. The van der Waals surface area contributed by atoms with Gasteiger partial charge >= 0.3 is 5.97 Å². The molecule has 1 heterocycles. The van der Waals surface area contributed by atoms with Crippen LogP contribution in [-0.4, -0.2) is 57.0 Å². The summed E-state index contributed by atoms with van der Waals surface area (Å²) in [5, 5.41) is 2.12. The van der Waals surface area contributed by atoms with Crippen molar-refractivity contribution in [1.82, 2.24) is 5.32 Å². The summed E-state index contributed by atoms with van der Waals surface area (Å²) >= 11 is 0. The molecule has 2 aliphatic carbocycles. The molecule has 2 bridgehead atoms. The van der Waals surface area contributed by atoms with E-state index in [1.54, 1.807) is 13.8 Å². The van der Waals surface area contributed by atoms with E-state index in [0.29, 0.717) is 12.0 Å². The van der Waals surface area contributed by atoms with Crippen molar-refractivity contribution in [3.8, 4) is 0 Å². The molecule has 3 rings (SSSR count). The van der Waals surface area contributed by atoms with E-state index in [1.807, 2.05) is 0 Å². The molecule has 9 heteroatoms. The summed E-state index contributed by atoms with van der Waals surface area (Å²) in [5.74, 6) is -0.845. The van der Waals surface area contributed by atoms with Crippen molar-refractivity contribution >= 4 is 22.0 Å². The summed E-state index contributed by atoms with van der Waals surface area (Å²) in [6.07, 6.45) is 0.735. The van der Waals surface area contributed by atoms with Crippen LogP contribution in [0, 0.1) is 11.8 Å². The number of rotatable bonds is 7. The highest BCUT2D eigenvalue weighted by Crippen LogP contribution is 2.60. The number of hydrogen-bond acceptors (Lipinski definition) is 7. The van der Waals surface area contributed by atoms with Crippen LogP contribution >= 0.6 is 0 Å². The first-order chi connectivity index (χ1) is 11.6. The number of nitrogens with one attached hydrogen (secondary N) is 1. The first kappa shape index (κ1) is 18.3. The number of hydrogen-bond donors (Lipinski definition) is 1. The van der Waals surface area contributed by atoms with Gasteiger partial charge in [0.15, 0.2) is 0 Å². The standard InChI is InChI=1S/C16H23NO7S/c1-9(2)15(19)17-4-5-22-13(18)8-23-16(3)10-6-11-12(7-10)25(20,21)24-14(11)16/h10-12,14H,1,4-8H2,2-3H3,(H,17,19). The van der Waals surface area contributed by atoms with Gasteiger partial charge in [-0.25, -0.2) is 4.79 Å². The molecule has 5 atom stereocenters. The molecule has 0 radical (unpaired) electrons. The maximum absolute atomic E-state index is 12.0. The van der Waals surface area contributed by atoms with E-state index in [-0.39, 0.29) is 37.5 Å². The molecule has 0 aromatic rings. The summed E-state index contributed by atoms with van der Waals surface area (Å²) in [4.78, 5) is 23.1. The first-order valence-corrected chi connectivity index (χ1v) is 9.77. The Bertz CT molecular complexity index is 703. The van der Waals surface area contributed by atoms with Crippen molar-refractivity contribution < 1.29 is 31.7 Å². The molecule has 0 aromatic heterocycles. The molecule has 1 N–H and O–H groups in total. The Kier molecular flexibility index (Phi) is 4.67. The number of carbonyl (C=O) groups is 2. The van der Waals surface area contributed by atoms with Gasteiger partial charge < -0.3 is 14.8 Å². The lowest BCUT2D eigenvalue weighted by molar-refractivity contribution is -0.166. The van der Waals surface area contributed by atoms with Gasteiger partial charge in [0.05, 0.1) is 17.4 Å². The van der Waals surface area contributed by atoms with Gasteiger partial charge in [-0.1, -0.05) is 6.58 Å². The number of carbonyl (C=O) groups excluding carboxylic acids is 2. The van der Waals surface area contributed by atoms with Gasteiger partial charge in [0.2, 0.25) is 5.91 Å². The molecular weight excluding hydrogens is 350 g/mol. The average Bonchev–Trinajstić information content (AvgIpc) is 3.14. The van der Waals surface area contributed by atoms with Crippen molar-refractivity contribution in [3.05, 3.63) is 12.2 Å². The zero-order valence-corrected chi connectivity index (χ0v) is 15.1. The highest BCUT2D eigenvalue weighted by atomic mass is 32.2.